The predicted octanol–water partition coefficient (Wildman–Crippen LogP) is 2.41. The number of amides is 1. The van der Waals surface area contributed by atoms with Gasteiger partial charge in [0.1, 0.15) is 0 Å². The summed E-state index contributed by atoms with van der Waals surface area (Å²) in [6.45, 7) is 7.47. The first-order valence-electron chi connectivity index (χ1n) is 8.14. The van der Waals surface area contributed by atoms with E-state index in [-0.39, 0.29) is 0 Å². The number of carbonyl (C=O) groups is 1. The minimum Gasteiger partial charge on any atom is -0.342 e. The normalized spacial score (nSPS) is 38.2. The van der Waals surface area contributed by atoms with Crippen molar-refractivity contribution in [3.8, 4) is 0 Å². The molecule has 2 aliphatic heterocycles. The molecule has 3 fully saturated rings. The first kappa shape index (κ1) is 13.4. The molecule has 3 atom stereocenters. The van der Waals surface area contributed by atoms with Gasteiger partial charge in [0.25, 0.3) is 0 Å². The Morgan fingerprint density at radius 1 is 1.32 bits per heavy atom. The highest BCUT2D eigenvalue weighted by Gasteiger charge is 2.54. The zero-order valence-corrected chi connectivity index (χ0v) is 12.5. The molecule has 1 saturated carbocycles. The van der Waals surface area contributed by atoms with E-state index in [1.807, 2.05) is 0 Å². The number of rotatable bonds is 3. The van der Waals surface area contributed by atoms with Gasteiger partial charge in [-0.25, -0.2) is 0 Å². The number of nitrogens with zero attached hydrogens (tertiary/aromatic N) is 1. The minimum atomic E-state index is 0.380. The van der Waals surface area contributed by atoms with E-state index in [9.17, 15) is 4.79 Å². The van der Waals surface area contributed by atoms with Gasteiger partial charge in [-0.15, -0.1) is 0 Å². The molecule has 3 nitrogen and oxygen atoms in total. The van der Waals surface area contributed by atoms with Gasteiger partial charge in [0.2, 0.25) is 5.91 Å². The van der Waals surface area contributed by atoms with E-state index >= 15 is 0 Å². The van der Waals surface area contributed by atoms with Crippen LogP contribution in [0, 0.1) is 17.8 Å². The summed E-state index contributed by atoms with van der Waals surface area (Å²) in [5.74, 6) is 2.47. The van der Waals surface area contributed by atoms with Crippen LogP contribution in [-0.4, -0.2) is 36.0 Å². The van der Waals surface area contributed by atoms with Gasteiger partial charge in [-0.3, -0.25) is 4.79 Å². The van der Waals surface area contributed by atoms with Crippen LogP contribution in [0.2, 0.25) is 0 Å². The molecular formula is C16H28N2O. The fourth-order valence-corrected chi connectivity index (χ4v) is 4.56. The molecule has 3 heteroatoms. The zero-order chi connectivity index (χ0) is 13.5. The fourth-order valence-electron chi connectivity index (χ4n) is 4.56. The third-order valence-electron chi connectivity index (χ3n) is 5.67. The van der Waals surface area contributed by atoms with E-state index in [0.717, 1.165) is 25.4 Å². The number of nitrogens with one attached hydrogen (secondary N) is 1. The van der Waals surface area contributed by atoms with E-state index in [4.69, 9.17) is 0 Å². The zero-order valence-electron chi connectivity index (χ0n) is 12.5. The summed E-state index contributed by atoms with van der Waals surface area (Å²) in [5, 5.41) is 3.80. The second kappa shape index (κ2) is 5.08. The Morgan fingerprint density at radius 3 is 2.79 bits per heavy atom. The molecule has 1 amide bonds. The van der Waals surface area contributed by atoms with Crippen LogP contribution in [0.1, 0.15) is 52.4 Å². The van der Waals surface area contributed by atoms with E-state index in [2.05, 4.69) is 24.1 Å². The predicted molar refractivity (Wildman–Crippen MR) is 76.8 cm³/mol. The molecule has 0 spiro atoms. The van der Waals surface area contributed by atoms with Gasteiger partial charge in [-0.05, 0) is 56.4 Å². The van der Waals surface area contributed by atoms with Crippen molar-refractivity contribution in [2.45, 2.75) is 57.9 Å². The number of hydrogen-bond donors (Lipinski definition) is 1. The Balaban J connectivity index is 1.63. The lowest BCUT2D eigenvalue weighted by atomic mass is 9.59. The lowest BCUT2D eigenvalue weighted by Crippen LogP contribution is -2.61. The van der Waals surface area contributed by atoms with Crippen molar-refractivity contribution in [1.29, 1.82) is 0 Å². The van der Waals surface area contributed by atoms with Gasteiger partial charge in [0.15, 0.2) is 0 Å². The highest BCUT2D eigenvalue weighted by atomic mass is 16.2. The van der Waals surface area contributed by atoms with Crippen LogP contribution >= 0.6 is 0 Å². The smallest absolute Gasteiger partial charge is 0.222 e. The summed E-state index contributed by atoms with van der Waals surface area (Å²) in [7, 11) is 0. The highest BCUT2D eigenvalue weighted by molar-refractivity contribution is 5.76. The molecule has 0 bridgehead atoms. The summed E-state index contributed by atoms with van der Waals surface area (Å²) < 4.78 is 0. The second-order valence-corrected chi connectivity index (χ2v) is 7.27. The maximum atomic E-state index is 12.3. The van der Waals surface area contributed by atoms with E-state index < -0.39 is 0 Å². The van der Waals surface area contributed by atoms with Gasteiger partial charge < -0.3 is 10.2 Å². The molecule has 0 radical (unpaired) electrons. The average molecular weight is 264 g/mol. The molecular weight excluding hydrogens is 236 g/mol. The second-order valence-electron chi connectivity index (χ2n) is 7.27. The van der Waals surface area contributed by atoms with Crippen LogP contribution < -0.4 is 5.32 Å². The Morgan fingerprint density at radius 2 is 2.16 bits per heavy atom. The van der Waals surface area contributed by atoms with Crippen molar-refractivity contribution >= 4 is 5.91 Å². The Hall–Kier alpha value is -0.570. The molecule has 0 aromatic heterocycles. The summed E-state index contributed by atoms with van der Waals surface area (Å²) in [6, 6.07) is 0. The van der Waals surface area contributed by atoms with Gasteiger partial charge in [0.05, 0.1) is 0 Å². The average Bonchev–Trinajstić information content (AvgIpc) is 2.65. The van der Waals surface area contributed by atoms with Gasteiger partial charge in [-0.1, -0.05) is 13.8 Å². The van der Waals surface area contributed by atoms with Gasteiger partial charge in [0, 0.05) is 25.0 Å². The SMILES string of the molecule is CC(C)CC(=O)N1CCCC(C23CCC2CCN3)C1. The molecule has 1 aliphatic carbocycles. The molecule has 2 heterocycles. The number of carbonyl (C=O) groups excluding carboxylic acids is 1. The molecule has 3 unspecified atom stereocenters. The van der Waals surface area contributed by atoms with Crippen molar-refractivity contribution < 1.29 is 4.79 Å². The van der Waals surface area contributed by atoms with Crippen molar-refractivity contribution in [3.63, 3.8) is 0 Å². The van der Waals surface area contributed by atoms with Crippen LogP contribution in [0.25, 0.3) is 0 Å². The molecule has 1 N–H and O–H groups in total. The molecule has 3 rings (SSSR count). The molecule has 108 valence electrons. The number of piperidine rings is 1. The summed E-state index contributed by atoms with van der Waals surface area (Å²) >= 11 is 0. The standard InChI is InChI=1S/C16H28N2O/c1-12(2)10-15(19)18-9-3-4-14(11-18)16-7-5-13(16)6-8-17-16/h12-14,17H,3-11H2,1-2H3. The molecule has 2 saturated heterocycles. The maximum absolute atomic E-state index is 12.3. The summed E-state index contributed by atoms with van der Waals surface area (Å²) in [6.07, 6.45) is 7.34. The Labute approximate surface area is 117 Å². The third kappa shape index (κ3) is 2.31. The van der Waals surface area contributed by atoms with Crippen molar-refractivity contribution in [1.82, 2.24) is 10.2 Å². The van der Waals surface area contributed by atoms with Crippen molar-refractivity contribution in [3.05, 3.63) is 0 Å². The van der Waals surface area contributed by atoms with Crippen molar-refractivity contribution in [2.75, 3.05) is 19.6 Å². The molecule has 0 aromatic carbocycles. The maximum Gasteiger partial charge on any atom is 0.222 e. The topological polar surface area (TPSA) is 32.3 Å². The lowest BCUT2D eigenvalue weighted by molar-refractivity contribution is -0.135. The number of fused-ring (bicyclic) bond motifs is 1. The quantitative estimate of drug-likeness (QED) is 0.849. The minimum absolute atomic E-state index is 0.380. The Kier molecular flexibility index (Phi) is 3.59. The molecule has 0 aromatic rings. The molecule has 3 aliphatic rings. The monoisotopic (exact) mass is 264 g/mol. The Bertz CT molecular complexity index is 355. The van der Waals surface area contributed by atoms with Crippen LogP contribution in [-0.2, 0) is 4.79 Å². The summed E-state index contributed by atoms with van der Waals surface area (Å²) in [5.41, 5.74) is 0.413. The van der Waals surface area contributed by atoms with Crippen LogP contribution in [0.4, 0.5) is 0 Å². The van der Waals surface area contributed by atoms with Crippen LogP contribution in [0.3, 0.4) is 0 Å². The largest absolute Gasteiger partial charge is 0.342 e. The van der Waals surface area contributed by atoms with E-state index in [1.165, 1.54) is 38.6 Å². The van der Waals surface area contributed by atoms with Crippen LogP contribution in [0.15, 0.2) is 0 Å². The fraction of sp³-hybridized carbons (Fsp3) is 0.938. The lowest BCUT2D eigenvalue weighted by Gasteiger charge is -2.53. The van der Waals surface area contributed by atoms with Crippen molar-refractivity contribution in [2.24, 2.45) is 17.8 Å². The first-order chi connectivity index (χ1) is 9.12. The molecule has 19 heavy (non-hydrogen) atoms. The van der Waals surface area contributed by atoms with Gasteiger partial charge >= 0.3 is 0 Å². The highest BCUT2D eigenvalue weighted by Crippen LogP contribution is 2.51. The van der Waals surface area contributed by atoms with Crippen LogP contribution in [0.5, 0.6) is 0 Å². The van der Waals surface area contributed by atoms with Gasteiger partial charge in [-0.2, -0.15) is 0 Å². The third-order valence-corrected chi connectivity index (χ3v) is 5.67. The van der Waals surface area contributed by atoms with E-state index in [1.54, 1.807) is 0 Å². The summed E-state index contributed by atoms with van der Waals surface area (Å²) in [4.78, 5) is 14.4. The first-order valence-corrected chi connectivity index (χ1v) is 8.14. The number of likely N-dealkylation sites (tertiary alicyclic amines) is 1. The van der Waals surface area contributed by atoms with E-state index in [0.29, 0.717) is 23.3 Å². The number of hydrogen-bond acceptors (Lipinski definition) is 2.